The van der Waals surface area contributed by atoms with E-state index in [1.807, 2.05) is 17.9 Å². The Kier molecular flexibility index (Phi) is 5.51. The highest BCUT2D eigenvalue weighted by atomic mass is 16.5. The fourth-order valence-corrected chi connectivity index (χ4v) is 4.09. The zero-order chi connectivity index (χ0) is 20.4. The summed E-state index contributed by atoms with van der Waals surface area (Å²) in [6.45, 7) is 8.41. The summed E-state index contributed by atoms with van der Waals surface area (Å²) in [4.78, 5) is 22.9. The van der Waals surface area contributed by atoms with Crippen molar-refractivity contribution in [2.45, 2.75) is 52.7 Å². The van der Waals surface area contributed by atoms with E-state index in [4.69, 9.17) is 4.74 Å². The van der Waals surface area contributed by atoms with Crippen molar-refractivity contribution < 1.29 is 9.53 Å². The number of aromatic nitrogens is 3. The van der Waals surface area contributed by atoms with E-state index in [0.29, 0.717) is 12.3 Å². The minimum atomic E-state index is 0.0752. The van der Waals surface area contributed by atoms with Crippen LogP contribution < -0.4 is 4.74 Å². The van der Waals surface area contributed by atoms with E-state index in [2.05, 4.69) is 52.6 Å². The van der Waals surface area contributed by atoms with Crippen LogP contribution in [0.1, 0.15) is 43.0 Å². The topological polar surface area (TPSA) is 60.3 Å². The normalized spacial score (nSPS) is 15.1. The highest BCUT2D eigenvalue weighted by Gasteiger charge is 2.25. The number of carbonyl (C=O) groups is 1. The van der Waals surface area contributed by atoms with Crippen LogP contribution in [0.3, 0.4) is 0 Å². The number of amides is 1. The lowest BCUT2D eigenvalue weighted by molar-refractivity contribution is -0.132. The number of aryl methyl sites for hydroxylation is 1. The average molecular weight is 393 g/mol. The smallest absolute Gasteiger partial charge is 0.226 e. The van der Waals surface area contributed by atoms with Gasteiger partial charge in [0.1, 0.15) is 18.1 Å². The molecule has 1 amide bonds. The summed E-state index contributed by atoms with van der Waals surface area (Å²) in [6.07, 6.45) is 3.89. The van der Waals surface area contributed by atoms with Crippen LogP contribution in [0, 0.1) is 13.8 Å². The lowest BCUT2D eigenvalue weighted by atomic mass is 10.1. The fourth-order valence-electron chi connectivity index (χ4n) is 4.09. The van der Waals surface area contributed by atoms with Gasteiger partial charge in [0.2, 0.25) is 11.8 Å². The van der Waals surface area contributed by atoms with Crippen LogP contribution in [-0.4, -0.2) is 44.5 Å². The highest BCUT2D eigenvalue weighted by molar-refractivity contribution is 5.86. The van der Waals surface area contributed by atoms with Gasteiger partial charge in [-0.15, -0.1) is 0 Å². The SMILES string of the molecule is CCC(=O)N1CCC(Oc2ncnc3c2c(C)c(C)n3Cc2ccccc2)CC1. The molecule has 29 heavy (non-hydrogen) atoms. The van der Waals surface area contributed by atoms with Gasteiger partial charge in [0, 0.05) is 44.6 Å². The maximum absolute atomic E-state index is 11.9. The molecule has 1 aliphatic heterocycles. The third kappa shape index (κ3) is 3.84. The van der Waals surface area contributed by atoms with E-state index in [1.165, 1.54) is 11.3 Å². The molecule has 6 heteroatoms. The number of piperidine rings is 1. The second-order valence-corrected chi connectivity index (χ2v) is 7.71. The van der Waals surface area contributed by atoms with Gasteiger partial charge < -0.3 is 14.2 Å². The second-order valence-electron chi connectivity index (χ2n) is 7.71. The molecule has 1 aliphatic rings. The molecule has 3 heterocycles. The number of rotatable bonds is 5. The minimum Gasteiger partial charge on any atom is -0.474 e. The number of nitrogens with zero attached hydrogens (tertiary/aromatic N) is 4. The number of likely N-dealkylation sites (tertiary alicyclic amines) is 1. The highest BCUT2D eigenvalue weighted by Crippen LogP contribution is 2.32. The molecule has 0 radical (unpaired) electrons. The van der Waals surface area contributed by atoms with Crippen LogP contribution in [-0.2, 0) is 11.3 Å². The van der Waals surface area contributed by atoms with Gasteiger partial charge in [0.15, 0.2) is 0 Å². The average Bonchev–Trinajstić information content (AvgIpc) is 3.00. The second kappa shape index (κ2) is 8.23. The molecule has 3 aromatic rings. The van der Waals surface area contributed by atoms with E-state index in [-0.39, 0.29) is 12.0 Å². The molecule has 0 unspecified atom stereocenters. The van der Waals surface area contributed by atoms with Crippen molar-refractivity contribution in [2.75, 3.05) is 13.1 Å². The zero-order valence-electron chi connectivity index (χ0n) is 17.4. The van der Waals surface area contributed by atoms with E-state index in [1.54, 1.807) is 6.33 Å². The third-order valence-corrected chi connectivity index (χ3v) is 5.93. The number of hydrogen-bond acceptors (Lipinski definition) is 4. The van der Waals surface area contributed by atoms with Gasteiger partial charge in [0.25, 0.3) is 0 Å². The van der Waals surface area contributed by atoms with Crippen LogP contribution in [0.5, 0.6) is 5.88 Å². The molecule has 0 spiro atoms. The van der Waals surface area contributed by atoms with E-state index in [0.717, 1.165) is 49.1 Å². The van der Waals surface area contributed by atoms with E-state index in [9.17, 15) is 4.79 Å². The number of ether oxygens (including phenoxy) is 1. The molecule has 152 valence electrons. The summed E-state index contributed by atoms with van der Waals surface area (Å²) in [6, 6.07) is 10.4. The molecule has 1 saturated heterocycles. The molecule has 1 aromatic carbocycles. The Morgan fingerprint density at radius 2 is 1.86 bits per heavy atom. The van der Waals surface area contributed by atoms with Gasteiger partial charge in [-0.3, -0.25) is 4.79 Å². The first-order chi connectivity index (χ1) is 14.1. The first kappa shape index (κ1) is 19.4. The van der Waals surface area contributed by atoms with Crippen LogP contribution in [0.2, 0.25) is 0 Å². The Balaban J connectivity index is 1.58. The molecular formula is C23H28N4O2. The molecule has 6 nitrogen and oxygen atoms in total. The standard InChI is InChI=1S/C23H28N4O2/c1-4-20(28)26-12-10-19(11-13-26)29-23-21-16(2)17(3)27(22(21)24-15-25-23)14-18-8-6-5-7-9-18/h5-9,15,19H,4,10-14H2,1-3H3. The molecule has 4 rings (SSSR count). The Hall–Kier alpha value is -2.89. The zero-order valence-corrected chi connectivity index (χ0v) is 17.4. The lowest BCUT2D eigenvalue weighted by Crippen LogP contribution is -2.41. The molecule has 0 aliphatic carbocycles. The van der Waals surface area contributed by atoms with Crippen molar-refractivity contribution in [2.24, 2.45) is 0 Å². The van der Waals surface area contributed by atoms with Gasteiger partial charge in [0.05, 0.1) is 5.39 Å². The summed E-state index contributed by atoms with van der Waals surface area (Å²) >= 11 is 0. The summed E-state index contributed by atoms with van der Waals surface area (Å²) < 4.78 is 8.56. The molecule has 0 bridgehead atoms. The van der Waals surface area contributed by atoms with Crippen molar-refractivity contribution >= 4 is 16.9 Å². The summed E-state index contributed by atoms with van der Waals surface area (Å²) in [7, 11) is 0. The van der Waals surface area contributed by atoms with Crippen molar-refractivity contribution in [3.05, 3.63) is 53.5 Å². The maximum Gasteiger partial charge on any atom is 0.226 e. The maximum atomic E-state index is 11.9. The number of carbonyl (C=O) groups excluding carboxylic acids is 1. The van der Waals surface area contributed by atoms with Crippen molar-refractivity contribution in [1.29, 1.82) is 0 Å². The van der Waals surface area contributed by atoms with Crippen molar-refractivity contribution in [1.82, 2.24) is 19.4 Å². The van der Waals surface area contributed by atoms with Crippen LogP contribution >= 0.6 is 0 Å². The summed E-state index contributed by atoms with van der Waals surface area (Å²) in [5.41, 5.74) is 4.48. The monoisotopic (exact) mass is 392 g/mol. The number of hydrogen-bond donors (Lipinski definition) is 0. The van der Waals surface area contributed by atoms with Crippen LogP contribution in [0.4, 0.5) is 0 Å². The summed E-state index contributed by atoms with van der Waals surface area (Å²) in [5, 5.41) is 0.994. The molecule has 0 N–H and O–H groups in total. The van der Waals surface area contributed by atoms with Crippen LogP contribution in [0.25, 0.3) is 11.0 Å². The van der Waals surface area contributed by atoms with Crippen LogP contribution in [0.15, 0.2) is 36.7 Å². The molecule has 0 atom stereocenters. The quantitative estimate of drug-likeness (QED) is 0.661. The van der Waals surface area contributed by atoms with Gasteiger partial charge in [-0.05, 0) is 25.0 Å². The first-order valence-electron chi connectivity index (χ1n) is 10.4. The Bertz CT molecular complexity index is 1000. The number of benzene rings is 1. The van der Waals surface area contributed by atoms with Crippen molar-refractivity contribution in [3.63, 3.8) is 0 Å². The van der Waals surface area contributed by atoms with Gasteiger partial charge in [-0.2, -0.15) is 0 Å². The first-order valence-corrected chi connectivity index (χ1v) is 10.4. The summed E-state index contributed by atoms with van der Waals surface area (Å²) in [5.74, 6) is 0.875. The molecule has 1 fully saturated rings. The fraction of sp³-hybridized carbons (Fsp3) is 0.435. The largest absolute Gasteiger partial charge is 0.474 e. The molecule has 0 saturated carbocycles. The van der Waals surface area contributed by atoms with Gasteiger partial charge in [-0.1, -0.05) is 37.3 Å². The predicted octanol–water partition coefficient (Wildman–Crippen LogP) is 3.88. The predicted molar refractivity (Wildman–Crippen MR) is 113 cm³/mol. The Labute approximate surface area is 171 Å². The molecular weight excluding hydrogens is 364 g/mol. The van der Waals surface area contributed by atoms with Crippen molar-refractivity contribution in [3.8, 4) is 5.88 Å². The minimum absolute atomic E-state index is 0.0752. The molecule has 2 aromatic heterocycles. The lowest BCUT2D eigenvalue weighted by Gasteiger charge is -2.31. The Morgan fingerprint density at radius 1 is 1.14 bits per heavy atom. The van der Waals surface area contributed by atoms with Gasteiger partial charge >= 0.3 is 0 Å². The Morgan fingerprint density at radius 3 is 2.55 bits per heavy atom. The third-order valence-electron chi connectivity index (χ3n) is 5.93. The van der Waals surface area contributed by atoms with Gasteiger partial charge in [-0.25, -0.2) is 9.97 Å². The number of fused-ring (bicyclic) bond motifs is 1. The van der Waals surface area contributed by atoms with E-state index >= 15 is 0 Å². The van der Waals surface area contributed by atoms with E-state index < -0.39 is 0 Å².